The third-order valence-corrected chi connectivity index (χ3v) is 5.42. The molecule has 6 heteroatoms. The van der Waals surface area contributed by atoms with E-state index in [4.69, 9.17) is 0 Å². The van der Waals surface area contributed by atoms with Crippen molar-refractivity contribution >= 4 is 15.7 Å². The second kappa shape index (κ2) is 5.93. The van der Waals surface area contributed by atoms with Gasteiger partial charge in [-0.15, -0.1) is 0 Å². The largest absolute Gasteiger partial charge is 0.392 e. The van der Waals surface area contributed by atoms with Crippen LogP contribution in [0.4, 0.5) is 5.82 Å². The third kappa shape index (κ3) is 4.17. The fourth-order valence-corrected chi connectivity index (χ4v) is 3.65. The first-order valence-corrected chi connectivity index (χ1v) is 9.11. The number of aliphatic hydroxyl groups excluding tert-OH is 1. The second-order valence-electron chi connectivity index (χ2n) is 6.62. The summed E-state index contributed by atoms with van der Waals surface area (Å²) in [6, 6.07) is 3.77. The molecular weight excluding hydrogens is 288 g/mol. The predicted octanol–water partition coefficient (Wildman–Crippen LogP) is 1.50. The maximum atomic E-state index is 11.7. The lowest BCUT2D eigenvalue weighted by Gasteiger charge is -2.25. The molecule has 0 unspecified atom stereocenters. The summed E-state index contributed by atoms with van der Waals surface area (Å²) in [5, 5.41) is 9.45. The molecule has 1 saturated heterocycles. The van der Waals surface area contributed by atoms with Gasteiger partial charge in [-0.1, -0.05) is 20.8 Å². The van der Waals surface area contributed by atoms with E-state index in [9.17, 15) is 13.5 Å². The first kappa shape index (κ1) is 16.2. The van der Waals surface area contributed by atoms with Gasteiger partial charge in [-0.3, -0.25) is 0 Å². The molecule has 0 radical (unpaired) electrons. The van der Waals surface area contributed by atoms with Crippen molar-refractivity contribution in [1.29, 1.82) is 0 Å². The molecule has 1 fully saturated rings. The standard InChI is InChI=1S/C15H24N2O3S/c1-15(2,3)13-9-12(11-18)10-14(16-13)17-5-4-7-21(19,20)8-6-17/h9-10,18H,4-8,11H2,1-3H3. The highest BCUT2D eigenvalue weighted by Gasteiger charge is 2.22. The number of hydrogen-bond acceptors (Lipinski definition) is 5. The lowest BCUT2D eigenvalue weighted by atomic mass is 9.91. The van der Waals surface area contributed by atoms with Crippen LogP contribution in [-0.2, 0) is 21.9 Å². The van der Waals surface area contributed by atoms with Crippen molar-refractivity contribution in [3.8, 4) is 0 Å². The van der Waals surface area contributed by atoms with Crippen molar-refractivity contribution in [2.24, 2.45) is 0 Å². The zero-order chi connectivity index (χ0) is 15.7. The number of pyridine rings is 1. The highest BCUT2D eigenvalue weighted by molar-refractivity contribution is 7.91. The normalized spacial score (nSPS) is 19.3. The van der Waals surface area contributed by atoms with Gasteiger partial charge in [0, 0.05) is 24.2 Å². The zero-order valence-corrected chi connectivity index (χ0v) is 13.8. The van der Waals surface area contributed by atoms with E-state index in [-0.39, 0.29) is 23.5 Å². The number of sulfone groups is 1. The molecule has 21 heavy (non-hydrogen) atoms. The molecule has 0 amide bonds. The lowest BCUT2D eigenvalue weighted by molar-refractivity contribution is 0.281. The van der Waals surface area contributed by atoms with E-state index in [1.807, 2.05) is 17.0 Å². The third-order valence-electron chi connectivity index (χ3n) is 3.70. The Kier molecular flexibility index (Phi) is 4.58. The molecule has 1 N–H and O–H groups in total. The lowest BCUT2D eigenvalue weighted by Crippen LogP contribution is -2.28. The van der Waals surface area contributed by atoms with Crippen molar-refractivity contribution in [1.82, 2.24) is 4.98 Å². The van der Waals surface area contributed by atoms with E-state index in [1.165, 1.54) is 0 Å². The van der Waals surface area contributed by atoms with Crippen LogP contribution in [-0.4, -0.2) is 43.1 Å². The first-order chi connectivity index (χ1) is 9.71. The van der Waals surface area contributed by atoms with Gasteiger partial charge in [-0.2, -0.15) is 0 Å². The van der Waals surface area contributed by atoms with Gasteiger partial charge < -0.3 is 10.0 Å². The van der Waals surface area contributed by atoms with Gasteiger partial charge in [0.05, 0.1) is 18.1 Å². The quantitative estimate of drug-likeness (QED) is 0.896. The summed E-state index contributed by atoms with van der Waals surface area (Å²) in [4.78, 5) is 6.70. The Balaban J connectivity index is 2.34. The Bertz CT molecular complexity index is 606. The van der Waals surface area contributed by atoms with Crippen molar-refractivity contribution < 1.29 is 13.5 Å². The molecule has 2 heterocycles. The molecule has 2 rings (SSSR count). The van der Waals surface area contributed by atoms with Gasteiger partial charge in [0.25, 0.3) is 0 Å². The Morgan fingerprint density at radius 1 is 1.24 bits per heavy atom. The summed E-state index contributed by atoms with van der Waals surface area (Å²) < 4.78 is 23.4. The minimum absolute atomic E-state index is 0.0370. The zero-order valence-electron chi connectivity index (χ0n) is 13.0. The van der Waals surface area contributed by atoms with E-state index in [1.54, 1.807) is 0 Å². The molecule has 1 aliphatic heterocycles. The Labute approximate surface area is 126 Å². The Morgan fingerprint density at radius 2 is 1.95 bits per heavy atom. The van der Waals surface area contributed by atoms with E-state index in [0.717, 1.165) is 17.1 Å². The molecule has 0 aromatic carbocycles. The van der Waals surface area contributed by atoms with Crippen LogP contribution in [0.3, 0.4) is 0 Å². The van der Waals surface area contributed by atoms with E-state index < -0.39 is 9.84 Å². The molecular formula is C15H24N2O3S. The first-order valence-electron chi connectivity index (χ1n) is 7.29. The van der Waals surface area contributed by atoms with Crippen LogP contribution in [0.2, 0.25) is 0 Å². The Hall–Kier alpha value is -1.14. The average Bonchev–Trinajstić information content (AvgIpc) is 2.58. The number of rotatable bonds is 2. The molecule has 1 aromatic heterocycles. The van der Waals surface area contributed by atoms with E-state index in [0.29, 0.717) is 19.5 Å². The van der Waals surface area contributed by atoms with Gasteiger partial charge >= 0.3 is 0 Å². The summed E-state index contributed by atoms with van der Waals surface area (Å²) in [6.07, 6.45) is 0.623. The molecule has 0 bridgehead atoms. The van der Waals surface area contributed by atoms with E-state index in [2.05, 4.69) is 25.8 Å². The summed E-state index contributed by atoms with van der Waals surface area (Å²) in [5.74, 6) is 1.18. The average molecular weight is 312 g/mol. The predicted molar refractivity (Wildman–Crippen MR) is 84.3 cm³/mol. The smallest absolute Gasteiger partial charge is 0.152 e. The molecule has 0 saturated carbocycles. The minimum atomic E-state index is -2.93. The van der Waals surface area contributed by atoms with Gasteiger partial charge in [-0.05, 0) is 24.1 Å². The van der Waals surface area contributed by atoms with Crippen molar-refractivity contribution in [3.63, 3.8) is 0 Å². The molecule has 0 atom stereocenters. The molecule has 118 valence electrons. The van der Waals surface area contributed by atoms with Crippen LogP contribution in [0.25, 0.3) is 0 Å². The number of anilines is 1. The Morgan fingerprint density at radius 3 is 2.57 bits per heavy atom. The number of aromatic nitrogens is 1. The van der Waals surface area contributed by atoms with Crippen LogP contribution >= 0.6 is 0 Å². The SMILES string of the molecule is CC(C)(C)c1cc(CO)cc(N2CCCS(=O)(=O)CC2)n1. The fraction of sp³-hybridized carbons (Fsp3) is 0.667. The van der Waals surface area contributed by atoms with Crippen LogP contribution in [0, 0.1) is 0 Å². The van der Waals surface area contributed by atoms with Crippen molar-refractivity contribution in [3.05, 3.63) is 23.4 Å². The van der Waals surface area contributed by atoms with Gasteiger partial charge in [0.1, 0.15) is 5.82 Å². The maximum Gasteiger partial charge on any atom is 0.152 e. The molecule has 1 aromatic rings. The molecule has 1 aliphatic rings. The fourth-order valence-electron chi connectivity index (χ4n) is 2.38. The van der Waals surface area contributed by atoms with E-state index >= 15 is 0 Å². The molecule has 5 nitrogen and oxygen atoms in total. The van der Waals surface area contributed by atoms with Crippen LogP contribution in [0.1, 0.15) is 38.4 Å². The summed E-state index contributed by atoms with van der Waals surface area (Å²) in [7, 11) is -2.93. The van der Waals surface area contributed by atoms with Gasteiger partial charge in [0.15, 0.2) is 9.84 Å². The molecule has 0 spiro atoms. The van der Waals surface area contributed by atoms with Crippen LogP contribution < -0.4 is 4.90 Å². The number of hydrogen-bond donors (Lipinski definition) is 1. The summed E-state index contributed by atoms with van der Waals surface area (Å²) >= 11 is 0. The monoisotopic (exact) mass is 312 g/mol. The molecule has 0 aliphatic carbocycles. The van der Waals surface area contributed by atoms with Gasteiger partial charge in [-0.25, -0.2) is 13.4 Å². The van der Waals surface area contributed by atoms with Crippen LogP contribution in [0.15, 0.2) is 12.1 Å². The maximum absolute atomic E-state index is 11.7. The number of nitrogens with zero attached hydrogens (tertiary/aromatic N) is 2. The topological polar surface area (TPSA) is 70.5 Å². The van der Waals surface area contributed by atoms with Crippen molar-refractivity contribution in [2.45, 2.75) is 39.2 Å². The highest BCUT2D eigenvalue weighted by atomic mass is 32.2. The van der Waals surface area contributed by atoms with Gasteiger partial charge in [0.2, 0.25) is 0 Å². The van der Waals surface area contributed by atoms with Crippen molar-refractivity contribution in [2.75, 3.05) is 29.5 Å². The van der Waals surface area contributed by atoms with Crippen LogP contribution in [0.5, 0.6) is 0 Å². The second-order valence-corrected chi connectivity index (χ2v) is 8.92. The summed E-state index contributed by atoms with van der Waals surface area (Å²) in [6.45, 7) is 7.34. The highest BCUT2D eigenvalue weighted by Crippen LogP contribution is 2.25. The summed E-state index contributed by atoms with van der Waals surface area (Å²) in [5.41, 5.74) is 1.62. The number of aliphatic hydroxyl groups is 1. The minimum Gasteiger partial charge on any atom is -0.392 e.